The molecule has 2 aromatic rings. The standard InChI is InChI=1S/C17H24N4/c1-13-4-8-15(9-5-13)21-17(10-11-20(2)3)18-16(19-21)12-14-6-7-14/h4-5,8-9,14H,6-7,10-12H2,1-3H3. The van der Waals surface area contributed by atoms with Gasteiger partial charge in [-0.15, -0.1) is 0 Å². The van der Waals surface area contributed by atoms with E-state index in [1.807, 2.05) is 4.68 Å². The van der Waals surface area contributed by atoms with E-state index >= 15 is 0 Å². The molecule has 4 nitrogen and oxygen atoms in total. The molecule has 1 saturated carbocycles. The highest BCUT2D eigenvalue weighted by Gasteiger charge is 2.24. The lowest BCUT2D eigenvalue weighted by atomic mass is 10.2. The zero-order valence-corrected chi connectivity index (χ0v) is 13.2. The number of likely N-dealkylation sites (N-methyl/N-ethyl adjacent to an activating group) is 1. The molecular weight excluding hydrogens is 260 g/mol. The Kier molecular flexibility index (Phi) is 4.06. The predicted molar refractivity (Wildman–Crippen MR) is 84.8 cm³/mol. The van der Waals surface area contributed by atoms with Crippen molar-refractivity contribution in [2.24, 2.45) is 5.92 Å². The highest BCUT2D eigenvalue weighted by Crippen LogP contribution is 2.31. The van der Waals surface area contributed by atoms with E-state index in [1.54, 1.807) is 0 Å². The van der Waals surface area contributed by atoms with Gasteiger partial charge in [0.15, 0.2) is 5.82 Å². The van der Waals surface area contributed by atoms with E-state index in [1.165, 1.54) is 18.4 Å². The van der Waals surface area contributed by atoms with E-state index in [-0.39, 0.29) is 0 Å². The molecule has 1 aliphatic carbocycles. The molecule has 1 aromatic heterocycles. The molecule has 1 aliphatic rings. The summed E-state index contributed by atoms with van der Waals surface area (Å²) in [5.41, 5.74) is 2.39. The maximum absolute atomic E-state index is 4.79. The minimum Gasteiger partial charge on any atom is -0.309 e. The molecule has 0 radical (unpaired) electrons. The van der Waals surface area contributed by atoms with Gasteiger partial charge in [0.1, 0.15) is 5.82 Å². The highest BCUT2D eigenvalue weighted by molar-refractivity contribution is 5.34. The van der Waals surface area contributed by atoms with Crippen molar-refractivity contribution in [1.29, 1.82) is 0 Å². The van der Waals surface area contributed by atoms with E-state index in [4.69, 9.17) is 10.1 Å². The van der Waals surface area contributed by atoms with Crippen LogP contribution in [0.25, 0.3) is 5.69 Å². The highest BCUT2D eigenvalue weighted by atomic mass is 15.4. The van der Waals surface area contributed by atoms with Crippen molar-refractivity contribution < 1.29 is 0 Å². The van der Waals surface area contributed by atoms with Crippen LogP contribution in [0.2, 0.25) is 0 Å². The van der Waals surface area contributed by atoms with Gasteiger partial charge in [-0.3, -0.25) is 0 Å². The van der Waals surface area contributed by atoms with Crippen molar-refractivity contribution in [1.82, 2.24) is 19.7 Å². The predicted octanol–water partition coefficient (Wildman–Crippen LogP) is 2.63. The molecule has 1 heterocycles. The van der Waals surface area contributed by atoms with Crippen LogP contribution in [0.15, 0.2) is 24.3 Å². The van der Waals surface area contributed by atoms with Gasteiger partial charge in [0.2, 0.25) is 0 Å². The van der Waals surface area contributed by atoms with Gasteiger partial charge < -0.3 is 4.90 Å². The maximum atomic E-state index is 4.79. The maximum Gasteiger partial charge on any atom is 0.151 e. The van der Waals surface area contributed by atoms with Crippen LogP contribution in [-0.2, 0) is 12.8 Å². The van der Waals surface area contributed by atoms with Gasteiger partial charge in [-0.25, -0.2) is 9.67 Å². The van der Waals surface area contributed by atoms with Crippen LogP contribution in [0.5, 0.6) is 0 Å². The monoisotopic (exact) mass is 284 g/mol. The average Bonchev–Trinajstić information content (AvgIpc) is 3.16. The summed E-state index contributed by atoms with van der Waals surface area (Å²) < 4.78 is 2.03. The molecule has 0 aliphatic heterocycles. The Labute approximate surface area is 126 Å². The second kappa shape index (κ2) is 5.98. The Morgan fingerprint density at radius 3 is 2.52 bits per heavy atom. The van der Waals surface area contributed by atoms with Crippen molar-refractivity contribution in [3.05, 3.63) is 41.5 Å². The molecular formula is C17H24N4. The van der Waals surface area contributed by atoms with Crippen LogP contribution >= 0.6 is 0 Å². The molecule has 1 aromatic carbocycles. The molecule has 0 unspecified atom stereocenters. The van der Waals surface area contributed by atoms with Crippen molar-refractivity contribution in [2.75, 3.05) is 20.6 Å². The summed E-state index contributed by atoms with van der Waals surface area (Å²) in [5, 5.41) is 4.76. The number of hydrogen-bond donors (Lipinski definition) is 0. The molecule has 4 heteroatoms. The van der Waals surface area contributed by atoms with Crippen molar-refractivity contribution in [2.45, 2.75) is 32.6 Å². The fourth-order valence-corrected chi connectivity index (χ4v) is 2.44. The second-order valence-electron chi connectivity index (χ2n) is 6.39. The lowest BCUT2D eigenvalue weighted by Gasteiger charge is -2.10. The van der Waals surface area contributed by atoms with Crippen molar-refractivity contribution in [3.8, 4) is 5.69 Å². The van der Waals surface area contributed by atoms with Gasteiger partial charge in [-0.1, -0.05) is 17.7 Å². The zero-order chi connectivity index (χ0) is 14.8. The van der Waals surface area contributed by atoms with Crippen LogP contribution in [0.1, 0.15) is 30.1 Å². The number of nitrogens with zero attached hydrogens (tertiary/aromatic N) is 4. The number of benzene rings is 1. The summed E-state index contributed by atoms with van der Waals surface area (Å²) in [6, 6.07) is 8.52. The van der Waals surface area contributed by atoms with Crippen LogP contribution in [0.4, 0.5) is 0 Å². The Morgan fingerprint density at radius 1 is 1.19 bits per heavy atom. The normalized spacial score (nSPS) is 14.9. The largest absolute Gasteiger partial charge is 0.309 e. The summed E-state index contributed by atoms with van der Waals surface area (Å²) in [6.07, 6.45) is 4.64. The van der Waals surface area contributed by atoms with E-state index in [0.29, 0.717) is 0 Å². The third-order valence-corrected chi connectivity index (χ3v) is 3.95. The minimum absolute atomic E-state index is 0.820. The molecule has 0 atom stereocenters. The van der Waals surface area contributed by atoms with Crippen LogP contribution in [0, 0.1) is 12.8 Å². The summed E-state index contributed by atoms with van der Waals surface area (Å²) in [7, 11) is 4.19. The lowest BCUT2D eigenvalue weighted by Crippen LogP contribution is -2.17. The van der Waals surface area contributed by atoms with Crippen LogP contribution in [-0.4, -0.2) is 40.3 Å². The smallest absolute Gasteiger partial charge is 0.151 e. The van der Waals surface area contributed by atoms with Gasteiger partial charge in [-0.2, -0.15) is 5.10 Å². The number of hydrogen-bond acceptors (Lipinski definition) is 3. The molecule has 0 spiro atoms. The third-order valence-electron chi connectivity index (χ3n) is 3.95. The summed E-state index contributed by atoms with van der Waals surface area (Å²) in [6.45, 7) is 3.10. The minimum atomic E-state index is 0.820. The van der Waals surface area contributed by atoms with Crippen molar-refractivity contribution >= 4 is 0 Å². The summed E-state index contributed by atoms with van der Waals surface area (Å²) >= 11 is 0. The lowest BCUT2D eigenvalue weighted by molar-refractivity contribution is 0.408. The molecule has 3 rings (SSSR count). The number of aryl methyl sites for hydroxylation is 1. The van der Waals surface area contributed by atoms with Crippen LogP contribution in [0.3, 0.4) is 0 Å². The third kappa shape index (κ3) is 3.70. The second-order valence-corrected chi connectivity index (χ2v) is 6.39. The van der Waals surface area contributed by atoms with E-state index in [2.05, 4.69) is 50.2 Å². The fraction of sp³-hybridized carbons (Fsp3) is 0.529. The topological polar surface area (TPSA) is 34.0 Å². The molecule has 1 fully saturated rings. The fourth-order valence-electron chi connectivity index (χ4n) is 2.44. The number of aromatic nitrogens is 3. The molecule has 0 N–H and O–H groups in total. The Morgan fingerprint density at radius 2 is 1.90 bits per heavy atom. The summed E-state index contributed by atoms with van der Waals surface area (Å²) in [4.78, 5) is 6.98. The molecule has 21 heavy (non-hydrogen) atoms. The Hall–Kier alpha value is -1.68. The Bertz CT molecular complexity index is 594. The van der Waals surface area contributed by atoms with Gasteiger partial charge in [0, 0.05) is 19.4 Å². The van der Waals surface area contributed by atoms with Crippen molar-refractivity contribution in [3.63, 3.8) is 0 Å². The first-order valence-corrected chi connectivity index (χ1v) is 7.78. The van der Waals surface area contributed by atoms with E-state index in [9.17, 15) is 0 Å². The zero-order valence-electron chi connectivity index (χ0n) is 13.2. The quantitative estimate of drug-likeness (QED) is 0.818. The average molecular weight is 284 g/mol. The van der Waals surface area contributed by atoms with Gasteiger partial charge >= 0.3 is 0 Å². The molecule has 0 saturated heterocycles. The Balaban J connectivity index is 1.87. The first kappa shape index (κ1) is 14.3. The molecule has 112 valence electrons. The summed E-state index contributed by atoms with van der Waals surface area (Å²) in [5.74, 6) is 2.90. The number of rotatable bonds is 6. The first-order valence-electron chi connectivity index (χ1n) is 7.78. The van der Waals surface area contributed by atoms with E-state index < -0.39 is 0 Å². The van der Waals surface area contributed by atoms with Gasteiger partial charge in [0.05, 0.1) is 5.69 Å². The van der Waals surface area contributed by atoms with Gasteiger partial charge in [-0.05, 0) is 51.9 Å². The SMILES string of the molecule is Cc1ccc(-n2nc(CC3CC3)nc2CCN(C)C)cc1. The first-order chi connectivity index (χ1) is 10.1. The van der Waals surface area contributed by atoms with E-state index in [0.717, 1.165) is 42.6 Å². The molecule has 0 amide bonds. The molecule has 0 bridgehead atoms. The van der Waals surface area contributed by atoms with Gasteiger partial charge in [0.25, 0.3) is 0 Å². The van der Waals surface area contributed by atoms with Crippen LogP contribution < -0.4 is 0 Å².